The molecule has 1 aliphatic heterocycles. The smallest absolute Gasteiger partial charge is 0.457 e. The van der Waals surface area contributed by atoms with Crippen LogP contribution >= 0.6 is 7.82 Å². The van der Waals surface area contributed by atoms with E-state index in [1.165, 1.54) is 128 Å². The molecule has 0 bridgehead atoms. The Bertz CT molecular complexity index is 1090. The fourth-order valence-electron chi connectivity index (χ4n) is 8.70. The maximum Gasteiger partial charge on any atom is 0.470 e. The van der Waals surface area contributed by atoms with E-state index in [1.54, 1.807) is 0 Å². The minimum Gasteiger partial charge on any atom is -0.457 e. The third-order valence-electron chi connectivity index (χ3n) is 12.4. The molecule has 7 atom stereocenters. The summed E-state index contributed by atoms with van der Waals surface area (Å²) in [6.45, 7) is 5.87. The number of unbranched alkanes of at least 4 members (excludes halogenated alkanes) is 27. The highest BCUT2D eigenvalue weighted by atomic mass is 31.2. The van der Waals surface area contributed by atoms with Crippen LogP contribution in [0.25, 0.3) is 0 Å². The number of rotatable bonds is 42. The molecule has 0 radical (unpaired) electrons. The number of carbonyl (C=O) groups excluding carboxylic acids is 2. The van der Waals surface area contributed by atoms with E-state index in [2.05, 4.69) is 26.1 Å². The molecule has 1 saturated heterocycles. The maximum absolute atomic E-state index is 13.8. The van der Waals surface area contributed by atoms with Gasteiger partial charge in [0.2, 0.25) is 5.91 Å². The molecule has 13 heteroatoms. The summed E-state index contributed by atoms with van der Waals surface area (Å²) in [5.74, 6) is -1.26. The molecule has 1 rings (SSSR count). The van der Waals surface area contributed by atoms with Gasteiger partial charge in [-0.2, -0.15) is 0 Å². The zero-order chi connectivity index (χ0) is 45.0. The van der Waals surface area contributed by atoms with Gasteiger partial charge in [0, 0.05) is 6.42 Å². The van der Waals surface area contributed by atoms with Gasteiger partial charge in [-0.05, 0) is 25.2 Å². The van der Waals surface area contributed by atoms with Gasteiger partial charge in [-0.15, -0.1) is 0 Å². The predicted molar refractivity (Wildman–Crippen MR) is 245 cm³/mol. The number of hydrogen-bond acceptors (Lipinski definition) is 9. The highest BCUT2D eigenvalue weighted by Gasteiger charge is 2.51. The number of carbonyl (C=O) groups is 2. The van der Waals surface area contributed by atoms with E-state index in [0.717, 1.165) is 77.0 Å². The number of amides is 1. The molecule has 1 heterocycles. The lowest BCUT2D eigenvalue weighted by Gasteiger charge is -2.43. The van der Waals surface area contributed by atoms with Crippen LogP contribution in [0, 0.1) is 5.92 Å². The standard InChI is InChI=1S/C48H94NO11P/c1-4-7-10-13-16-19-20-21-24-26-29-32-35-40(34-31-28-25-22-17-14-11-8-5-2)37-44(53)59-47-45(48(54)58-42(39-50)46(47)60-61(55,56)57)49-43(52)38-41(51)36-33-30-27-23-18-15-12-9-6-3/h40-42,45-48,50-51,54H,4-39H2,1-3H3,(H,49,52)(H2,55,56,57)/t40?,41-,42-,45-,46-,47-,48?/m1/s1. The second kappa shape index (κ2) is 38.2. The van der Waals surface area contributed by atoms with Crippen LogP contribution in [-0.4, -0.2) is 80.3 Å². The van der Waals surface area contributed by atoms with Crippen LogP contribution in [-0.2, 0) is 28.2 Å². The Labute approximate surface area is 372 Å². The maximum atomic E-state index is 13.8. The molecule has 61 heavy (non-hydrogen) atoms. The molecule has 2 unspecified atom stereocenters. The summed E-state index contributed by atoms with van der Waals surface area (Å²) in [7, 11) is -5.21. The second-order valence-electron chi connectivity index (χ2n) is 18.2. The van der Waals surface area contributed by atoms with Crippen LogP contribution in [0.4, 0.5) is 0 Å². The van der Waals surface area contributed by atoms with Gasteiger partial charge in [-0.1, -0.05) is 213 Å². The summed E-state index contributed by atoms with van der Waals surface area (Å²) in [4.78, 5) is 46.6. The lowest BCUT2D eigenvalue weighted by atomic mass is 9.91. The lowest BCUT2D eigenvalue weighted by Crippen LogP contribution is -2.65. The van der Waals surface area contributed by atoms with Crippen molar-refractivity contribution in [2.45, 2.75) is 282 Å². The van der Waals surface area contributed by atoms with Crippen LogP contribution in [0.3, 0.4) is 0 Å². The summed E-state index contributed by atoms with van der Waals surface area (Å²) in [6, 6.07) is -1.47. The van der Waals surface area contributed by atoms with E-state index in [1.807, 2.05) is 0 Å². The number of ether oxygens (including phenoxy) is 2. The molecule has 6 N–H and O–H groups in total. The SMILES string of the molecule is CCCCCCCCCCCCCCC(CCCCCCCCCCC)CC(=O)O[C@H]1[C@H](OP(=O)(O)O)[C@@H](CO)OC(O)[C@@H]1NC(=O)C[C@H](O)CCCCCCCCCCC. The Balaban J connectivity index is 2.89. The topological polar surface area (TPSA) is 192 Å². The van der Waals surface area contributed by atoms with E-state index in [9.17, 15) is 39.3 Å². The van der Waals surface area contributed by atoms with Gasteiger partial charge in [0.15, 0.2) is 12.4 Å². The van der Waals surface area contributed by atoms with Crippen molar-refractivity contribution in [1.82, 2.24) is 5.32 Å². The van der Waals surface area contributed by atoms with Crippen LogP contribution in [0.1, 0.15) is 245 Å². The van der Waals surface area contributed by atoms with Crippen molar-refractivity contribution in [3.63, 3.8) is 0 Å². The van der Waals surface area contributed by atoms with E-state index in [-0.39, 0.29) is 18.8 Å². The van der Waals surface area contributed by atoms with Crippen molar-refractivity contribution in [1.29, 1.82) is 0 Å². The molecular formula is C48H94NO11P. The monoisotopic (exact) mass is 892 g/mol. The van der Waals surface area contributed by atoms with Crippen LogP contribution in [0.5, 0.6) is 0 Å². The minimum atomic E-state index is -5.21. The number of aliphatic hydroxyl groups excluding tert-OH is 3. The molecule has 0 aromatic rings. The first-order valence-corrected chi connectivity index (χ1v) is 26.8. The van der Waals surface area contributed by atoms with Gasteiger partial charge in [0.05, 0.1) is 19.1 Å². The van der Waals surface area contributed by atoms with Crippen molar-refractivity contribution < 1.29 is 53.3 Å². The predicted octanol–water partition coefficient (Wildman–Crippen LogP) is 11.3. The zero-order valence-electron chi connectivity index (χ0n) is 39.1. The number of esters is 1. The Morgan fingerprint density at radius 3 is 1.34 bits per heavy atom. The Morgan fingerprint density at radius 2 is 0.967 bits per heavy atom. The lowest BCUT2D eigenvalue weighted by molar-refractivity contribution is -0.256. The number of phosphoric acid groups is 1. The third-order valence-corrected chi connectivity index (χ3v) is 12.9. The summed E-state index contributed by atoms with van der Waals surface area (Å²) in [6.07, 6.45) is 30.2. The van der Waals surface area contributed by atoms with Gasteiger partial charge in [-0.25, -0.2) is 4.57 Å². The van der Waals surface area contributed by atoms with Gasteiger partial charge in [-0.3, -0.25) is 14.1 Å². The van der Waals surface area contributed by atoms with Crippen molar-refractivity contribution in [3.8, 4) is 0 Å². The van der Waals surface area contributed by atoms with E-state index >= 15 is 0 Å². The largest absolute Gasteiger partial charge is 0.470 e. The summed E-state index contributed by atoms with van der Waals surface area (Å²) < 4.78 is 28.5. The summed E-state index contributed by atoms with van der Waals surface area (Å²) >= 11 is 0. The third kappa shape index (κ3) is 31.4. The Morgan fingerprint density at radius 1 is 0.590 bits per heavy atom. The van der Waals surface area contributed by atoms with Crippen LogP contribution < -0.4 is 5.32 Å². The Hall–Kier alpha value is -1.11. The number of hydrogen-bond donors (Lipinski definition) is 6. The molecule has 0 aromatic carbocycles. The summed E-state index contributed by atoms with van der Waals surface area (Å²) in [5, 5.41) is 34.3. The van der Waals surface area contributed by atoms with Gasteiger partial charge in [0.25, 0.3) is 0 Å². The van der Waals surface area contributed by atoms with Crippen molar-refractivity contribution >= 4 is 19.7 Å². The molecule has 0 aliphatic carbocycles. The summed E-state index contributed by atoms with van der Waals surface area (Å²) in [5.41, 5.74) is 0. The van der Waals surface area contributed by atoms with Crippen molar-refractivity contribution in [3.05, 3.63) is 0 Å². The van der Waals surface area contributed by atoms with E-state index in [4.69, 9.17) is 14.0 Å². The highest BCUT2D eigenvalue weighted by molar-refractivity contribution is 7.46. The van der Waals surface area contributed by atoms with Gasteiger partial charge in [0.1, 0.15) is 18.2 Å². The van der Waals surface area contributed by atoms with Crippen molar-refractivity contribution in [2.24, 2.45) is 5.92 Å². The highest BCUT2D eigenvalue weighted by Crippen LogP contribution is 2.42. The van der Waals surface area contributed by atoms with Gasteiger partial charge < -0.3 is 39.9 Å². The minimum absolute atomic E-state index is 0.0315. The fraction of sp³-hybridized carbons (Fsp3) is 0.958. The van der Waals surface area contributed by atoms with Gasteiger partial charge >= 0.3 is 13.8 Å². The molecule has 1 fully saturated rings. The quantitative estimate of drug-likeness (QED) is 0.0194. The van der Waals surface area contributed by atoms with Crippen LogP contribution in [0.2, 0.25) is 0 Å². The Kier molecular flexibility index (Phi) is 36.3. The first kappa shape index (κ1) is 57.9. The first-order chi connectivity index (χ1) is 29.4. The van der Waals surface area contributed by atoms with E-state index in [0.29, 0.717) is 6.42 Å². The molecule has 0 aromatic heterocycles. The molecule has 1 amide bonds. The average Bonchev–Trinajstić information content (AvgIpc) is 3.21. The van der Waals surface area contributed by atoms with Crippen molar-refractivity contribution in [2.75, 3.05) is 6.61 Å². The molecule has 12 nitrogen and oxygen atoms in total. The molecule has 0 saturated carbocycles. The average molecular weight is 892 g/mol. The number of phosphoric ester groups is 1. The van der Waals surface area contributed by atoms with E-state index < -0.39 is 63.1 Å². The molecule has 0 spiro atoms. The fourth-order valence-corrected chi connectivity index (χ4v) is 9.27. The molecule has 362 valence electrons. The van der Waals surface area contributed by atoms with Crippen LogP contribution in [0.15, 0.2) is 0 Å². The molecule has 1 aliphatic rings. The molecular weight excluding hydrogens is 797 g/mol. The first-order valence-electron chi connectivity index (χ1n) is 25.3. The number of nitrogens with one attached hydrogen (secondary N) is 1. The zero-order valence-corrected chi connectivity index (χ0v) is 40.0. The number of aliphatic hydroxyl groups is 3. The normalized spacial score (nSPS) is 20.4. The second-order valence-corrected chi connectivity index (χ2v) is 19.4.